The van der Waals surface area contributed by atoms with E-state index in [2.05, 4.69) is 10.6 Å². The third-order valence-corrected chi connectivity index (χ3v) is 2.96. The predicted molar refractivity (Wildman–Crippen MR) is 53.0 cm³/mol. The molecule has 0 radical (unpaired) electrons. The summed E-state index contributed by atoms with van der Waals surface area (Å²) < 4.78 is 0. The van der Waals surface area contributed by atoms with Gasteiger partial charge in [-0.2, -0.15) is 0 Å². The van der Waals surface area contributed by atoms with Gasteiger partial charge in [0, 0.05) is 6.04 Å². The molecule has 2 fully saturated rings. The van der Waals surface area contributed by atoms with Gasteiger partial charge in [-0.05, 0) is 25.7 Å². The first-order valence-electron chi connectivity index (χ1n) is 5.51. The molecule has 0 aromatic heterocycles. The normalized spacial score (nSPS) is 32.4. The topological polar surface area (TPSA) is 61.4 Å². The van der Waals surface area contributed by atoms with Crippen LogP contribution in [0.15, 0.2) is 0 Å². The first kappa shape index (κ1) is 9.77. The van der Waals surface area contributed by atoms with Gasteiger partial charge in [0.05, 0.1) is 12.1 Å². The summed E-state index contributed by atoms with van der Waals surface area (Å²) in [5.41, 5.74) is 0. The second-order valence-electron chi connectivity index (χ2n) is 4.35. The molecule has 3 N–H and O–H groups in total. The molecule has 2 aliphatic rings. The summed E-state index contributed by atoms with van der Waals surface area (Å²) in [5, 5.41) is 15.3. The average Bonchev–Trinajstić information content (AvgIpc) is 2.93. The molecule has 0 aromatic rings. The molecular formula is C10H18N2O2. The van der Waals surface area contributed by atoms with E-state index < -0.39 is 0 Å². The van der Waals surface area contributed by atoms with E-state index in [9.17, 15) is 9.90 Å². The van der Waals surface area contributed by atoms with Gasteiger partial charge in [-0.25, -0.2) is 4.79 Å². The Kier molecular flexibility index (Phi) is 2.91. The lowest BCUT2D eigenvalue weighted by Gasteiger charge is -2.28. The highest BCUT2D eigenvalue weighted by Crippen LogP contribution is 2.20. The van der Waals surface area contributed by atoms with Crippen LogP contribution in [0.4, 0.5) is 4.79 Å². The fraction of sp³-hybridized carbons (Fsp3) is 0.900. The van der Waals surface area contributed by atoms with Gasteiger partial charge in [0.1, 0.15) is 0 Å². The summed E-state index contributed by atoms with van der Waals surface area (Å²) in [6.07, 6.45) is 5.73. The van der Waals surface area contributed by atoms with Crippen molar-refractivity contribution in [2.75, 3.05) is 0 Å². The monoisotopic (exact) mass is 198 g/mol. The van der Waals surface area contributed by atoms with Crippen molar-refractivity contribution in [1.82, 2.24) is 10.6 Å². The van der Waals surface area contributed by atoms with Crippen LogP contribution in [-0.2, 0) is 0 Å². The number of urea groups is 1. The van der Waals surface area contributed by atoms with E-state index in [0.717, 1.165) is 38.5 Å². The fourth-order valence-electron chi connectivity index (χ4n) is 1.90. The van der Waals surface area contributed by atoms with Crippen molar-refractivity contribution in [3.8, 4) is 0 Å². The Morgan fingerprint density at radius 2 is 1.79 bits per heavy atom. The number of hydrogen-bond donors (Lipinski definition) is 3. The molecule has 0 aliphatic heterocycles. The minimum absolute atomic E-state index is 0.0394. The van der Waals surface area contributed by atoms with Gasteiger partial charge in [-0.3, -0.25) is 0 Å². The summed E-state index contributed by atoms with van der Waals surface area (Å²) in [6.45, 7) is 0. The molecule has 0 spiro atoms. The number of nitrogens with one attached hydrogen (secondary N) is 2. The molecule has 2 rings (SSSR count). The second-order valence-corrected chi connectivity index (χ2v) is 4.35. The van der Waals surface area contributed by atoms with E-state index in [1.807, 2.05) is 0 Å². The Bertz CT molecular complexity index is 216. The van der Waals surface area contributed by atoms with Crippen LogP contribution in [0.1, 0.15) is 38.5 Å². The number of aliphatic hydroxyl groups excluding tert-OH is 1. The molecular weight excluding hydrogens is 180 g/mol. The highest BCUT2D eigenvalue weighted by molar-refractivity contribution is 5.75. The van der Waals surface area contributed by atoms with Crippen LogP contribution in [0.3, 0.4) is 0 Å². The predicted octanol–water partition coefficient (Wildman–Crippen LogP) is 0.751. The molecule has 2 saturated carbocycles. The molecule has 2 atom stereocenters. The first-order valence-corrected chi connectivity index (χ1v) is 5.51. The standard InChI is InChI=1S/C10H18N2O2/c13-9-4-2-1-3-8(9)12-10(14)11-7-5-6-7/h7-9,13H,1-6H2,(H2,11,12,14)/t8-,9-/m0/s1. The Labute approximate surface area is 84.1 Å². The highest BCUT2D eigenvalue weighted by Gasteiger charge is 2.27. The van der Waals surface area contributed by atoms with Gasteiger partial charge in [-0.15, -0.1) is 0 Å². The quantitative estimate of drug-likeness (QED) is 0.613. The minimum Gasteiger partial charge on any atom is -0.391 e. The zero-order valence-corrected chi connectivity index (χ0v) is 8.33. The van der Waals surface area contributed by atoms with Crippen molar-refractivity contribution < 1.29 is 9.90 Å². The molecule has 0 bridgehead atoms. The van der Waals surface area contributed by atoms with E-state index in [4.69, 9.17) is 0 Å². The van der Waals surface area contributed by atoms with Crippen molar-refractivity contribution in [2.24, 2.45) is 0 Å². The van der Waals surface area contributed by atoms with Crippen LogP contribution in [0.5, 0.6) is 0 Å². The van der Waals surface area contributed by atoms with Gasteiger partial charge in [0.25, 0.3) is 0 Å². The van der Waals surface area contributed by atoms with Crippen LogP contribution in [0.25, 0.3) is 0 Å². The van der Waals surface area contributed by atoms with Crippen LogP contribution in [0.2, 0.25) is 0 Å². The first-order chi connectivity index (χ1) is 6.75. The molecule has 0 heterocycles. The largest absolute Gasteiger partial charge is 0.391 e. The van der Waals surface area contributed by atoms with Gasteiger partial charge in [0.15, 0.2) is 0 Å². The minimum atomic E-state index is -0.353. The van der Waals surface area contributed by atoms with Gasteiger partial charge in [-0.1, -0.05) is 12.8 Å². The Morgan fingerprint density at radius 1 is 1.07 bits per heavy atom. The summed E-state index contributed by atoms with van der Waals surface area (Å²) >= 11 is 0. The number of carbonyl (C=O) groups is 1. The van der Waals surface area contributed by atoms with Gasteiger partial charge in [0.2, 0.25) is 0 Å². The molecule has 80 valence electrons. The maximum absolute atomic E-state index is 11.4. The molecule has 0 saturated heterocycles. The van der Waals surface area contributed by atoms with Crippen molar-refractivity contribution in [1.29, 1.82) is 0 Å². The number of rotatable bonds is 2. The number of hydrogen-bond acceptors (Lipinski definition) is 2. The Morgan fingerprint density at radius 3 is 2.43 bits per heavy atom. The summed E-state index contributed by atoms with van der Waals surface area (Å²) in [5.74, 6) is 0. The lowest BCUT2D eigenvalue weighted by atomic mass is 9.93. The van der Waals surface area contributed by atoms with E-state index >= 15 is 0 Å². The van der Waals surface area contributed by atoms with E-state index in [1.54, 1.807) is 0 Å². The Balaban J connectivity index is 1.73. The maximum Gasteiger partial charge on any atom is 0.315 e. The summed E-state index contributed by atoms with van der Waals surface area (Å²) in [7, 11) is 0. The molecule has 4 nitrogen and oxygen atoms in total. The van der Waals surface area contributed by atoms with Crippen LogP contribution in [0, 0.1) is 0 Å². The molecule has 2 aliphatic carbocycles. The average molecular weight is 198 g/mol. The molecule has 0 unspecified atom stereocenters. The van der Waals surface area contributed by atoms with E-state index in [0.29, 0.717) is 6.04 Å². The van der Waals surface area contributed by atoms with Crippen LogP contribution < -0.4 is 10.6 Å². The van der Waals surface area contributed by atoms with Crippen LogP contribution >= 0.6 is 0 Å². The van der Waals surface area contributed by atoms with Gasteiger partial charge >= 0.3 is 6.03 Å². The summed E-state index contributed by atoms with van der Waals surface area (Å²) in [6, 6.07) is 0.233. The maximum atomic E-state index is 11.4. The van der Waals surface area contributed by atoms with E-state index in [-0.39, 0.29) is 18.2 Å². The molecule has 4 heteroatoms. The SMILES string of the molecule is O=C(NC1CC1)N[C@H]1CCCC[C@@H]1O. The molecule has 0 aromatic carbocycles. The van der Waals surface area contributed by atoms with Crippen LogP contribution in [-0.4, -0.2) is 29.3 Å². The van der Waals surface area contributed by atoms with Gasteiger partial charge < -0.3 is 15.7 Å². The lowest BCUT2D eigenvalue weighted by molar-refractivity contribution is 0.0943. The number of carbonyl (C=O) groups excluding carboxylic acids is 1. The molecule has 14 heavy (non-hydrogen) atoms. The van der Waals surface area contributed by atoms with Crippen molar-refractivity contribution in [2.45, 2.75) is 56.7 Å². The third-order valence-electron chi connectivity index (χ3n) is 2.96. The number of aliphatic hydroxyl groups is 1. The number of amides is 2. The summed E-state index contributed by atoms with van der Waals surface area (Å²) in [4.78, 5) is 11.4. The highest BCUT2D eigenvalue weighted by atomic mass is 16.3. The molecule has 2 amide bonds. The van der Waals surface area contributed by atoms with Crippen molar-refractivity contribution >= 4 is 6.03 Å². The Hall–Kier alpha value is -0.770. The smallest absolute Gasteiger partial charge is 0.315 e. The third kappa shape index (κ3) is 2.61. The lowest BCUT2D eigenvalue weighted by Crippen LogP contribution is -2.49. The fourth-order valence-corrected chi connectivity index (χ4v) is 1.90. The zero-order chi connectivity index (χ0) is 9.97. The van der Waals surface area contributed by atoms with Crippen molar-refractivity contribution in [3.05, 3.63) is 0 Å². The van der Waals surface area contributed by atoms with E-state index in [1.165, 1.54) is 0 Å². The second kappa shape index (κ2) is 4.17. The zero-order valence-electron chi connectivity index (χ0n) is 8.33. The van der Waals surface area contributed by atoms with Crippen molar-refractivity contribution in [3.63, 3.8) is 0 Å².